The zero-order valence-electron chi connectivity index (χ0n) is 12.5. The molecule has 5 aliphatic rings. The molecule has 120 valence electrons. The average Bonchev–Trinajstić information content (AvgIpc) is 3.12. The summed E-state index contributed by atoms with van der Waals surface area (Å²) in [6.07, 6.45) is 8.37. The van der Waals surface area contributed by atoms with E-state index in [2.05, 4.69) is 38.3 Å². The van der Waals surface area contributed by atoms with Gasteiger partial charge in [-0.15, -0.1) is 0 Å². The summed E-state index contributed by atoms with van der Waals surface area (Å²) >= 11 is 2.33. The standard InChI is InChI=1S/C15H20IN3O2S/c16-12-7-19(13(17-12)11-1-2-11)15-8-14(9-15,10-15)18-3-5-22(20,21)6-4-18/h7,11H,1-6,8-10H2. The first kappa shape index (κ1) is 14.2. The van der Waals surface area contributed by atoms with Gasteiger partial charge in [0.25, 0.3) is 0 Å². The first-order chi connectivity index (χ1) is 10.4. The largest absolute Gasteiger partial charge is 0.327 e. The minimum atomic E-state index is -2.77. The molecule has 1 aromatic heterocycles. The first-order valence-electron chi connectivity index (χ1n) is 8.12. The van der Waals surface area contributed by atoms with Crippen molar-refractivity contribution in [2.75, 3.05) is 24.6 Å². The molecular weight excluding hydrogens is 413 g/mol. The summed E-state index contributed by atoms with van der Waals surface area (Å²) in [4.78, 5) is 7.21. The highest BCUT2D eigenvalue weighted by atomic mass is 127. The number of imidazole rings is 1. The van der Waals surface area contributed by atoms with Crippen LogP contribution in [0.25, 0.3) is 0 Å². The molecular formula is C15H20IN3O2S. The van der Waals surface area contributed by atoms with Crippen LogP contribution >= 0.6 is 22.6 Å². The molecule has 0 atom stereocenters. The van der Waals surface area contributed by atoms with Crippen LogP contribution in [-0.2, 0) is 15.4 Å². The molecule has 0 amide bonds. The second kappa shape index (κ2) is 4.27. The molecule has 0 radical (unpaired) electrons. The molecule has 1 saturated heterocycles. The smallest absolute Gasteiger partial charge is 0.152 e. The van der Waals surface area contributed by atoms with Crippen LogP contribution in [-0.4, -0.2) is 53.0 Å². The maximum atomic E-state index is 11.6. The Balaban J connectivity index is 1.34. The summed E-state index contributed by atoms with van der Waals surface area (Å²) in [5.74, 6) is 2.68. The molecule has 0 unspecified atom stereocenters. The van der Waals surface area contributed by atoms with Gasteiger partial charge >= 0.3 is 0 Å². The fourth-order valence-electron chi connectivity index (χ4n) is 4.83. The molecule has 7 heteroatoms. The predicted molar refractivity (Wildman–Crippen MR) is 91.7 cm³/mol. The Morgan fingerprint density at radius 3 is 2.36 bits per heavy atom. The second-order valence-corrected chi connectivity index (χ2v) is 11.1. The monoisotopic (exact) mass is 433 g/mol. The van der Waals surface area contributed by atoms with E-state index in [1.165, 1.54) is 37.9 Å². The lowest BCUT2D eigenvalue weighted by Crippen LogP contribution is -2.79. The highest BCUT2D eigenvalue weighted by Gasteiger charge is 2.71. The molecule has 5 fully saturated rings. The minimum absolute atomic E-state index is 0.296. The van der Waals surface area contributed by atoms with E-state index >= 15 is 0 Å². The third-order valence-corrected chi connectivity index (χ3v) is 8.28. The minimum Gasteiger partial charge on any atom is -0.327 e. The van der Waals surface area contributed by atoms with Crippen molar-refractivity contribution in [3.8, 4) is 0 Å². The first-order valence-corrected chi connectivity index (χ1v) is 11.0. The molecule has 0 N–H and O–H groups in total. The number of rotatable bonds is 3. The van der Waals surface area contributed by atoms with Crippen LogP contribution in [0.15, 0.2) is 6.20 Å². The van der Waals surface area contributed by atoms with Gasteiger partial charge < -0.3 is 4.57 Å². The SMILES string of the molecule is O=S1(=O)CCN(C23CC(n4cc(I)nc4C4CC4)(C2)C3)CC1. The van der Waals surface area contributed by atoms with E-state index in [1.807, 2.05) is 0 Å². The fourth-order valence-corrected chi connectivity index (χ4v) is 6.56. The predicted octanol–water partition coefficient (Wildman–Crippen LogP) is 1.73. The van der Waals surface area contributed by atoms with Gasteiger partial charge in [0.05, 0.1) is 17.0 Å². The molecule has 6 rings (SSSR count). The van der Waals surface area contributed by atoms with Gasteiger partial charge in [-0.2, -0.15) is 0 Å². The Morgan fingerprint density at radius 2 is 1.77 bits per heavy atom. The third-order valence-electron chi connectivity index (χ3n) is 6.15. The Labute approximate surface area is 144 Å². The number of sulfone groups is 1. The Hall–Kier alpha value is -0.150. The van der Waals surface area contributed by atoms with Crippen molar-refractivity contribution >= 4 is 32.4 Å². The Morgan fingerprint density at radius 1 is 1.14 bits per heavy atom. The van der Waals surface area contributed by atoms with E-state index in [9.17, 15) is 8.42 Å². The van der Waals surface area contributed by atoms with Crippen molar-refractivity contribution in [2.45, 2.75) is 49.1 Å². The Kier molecular flexibility index (Phi) is 2.76. The molecule has 4 saturated carbocycles. The van der Waals surface area contributed by atoms with E-state index in [1.54, 1.807) is 0 Å². The molecule has 22 heavy (non-hydrogen) atoms. The van der Waals surface area contributed by atoms with Crippen molar-refractivity contribution < 1.29 is 8.42 Å². The molecule has 1 aliphatic heterocycles. The molecule has 1 aromatic rings. The number of hydrogen-bond acceptors (Lipinski definition) is 4. The summed E-state index contributed by atoms with van der Waals surface area (Å²) in [7, 11) is -2.77. The van der Waals surface area contributed by atoms with Gasteiger partial charge in [-0.25, -0.2) is 13.4 Å². The van der Waals surface area contributed by atoms with Gasteiger partial charge in [0.2, 0.25) is 0 Å². The number of aromatic nitrogens is 2. The molecule has 4 aliphatic carbocycles. The van der Waals surface area contributed by atoms with Crippen LogP contribution in [0, 0.1) is 3.70 Å². The molecule has 0 spiro atoms. The number of hydrogen-bond donors (Lipinski definition) is 0. The lowest BCUT2D eigenvalue weighted by Gasteiger charge is -2.74. The van der Waals surface area contributed by atoms with Crippen molar-refractivity contribution in [2.24, 2.45) is 0 Å². The number of nitrogens with zero attached hydrogens (tertiary/aromatic N) is 3. The van der Waals surface area contributed by atoms with Crippen molar-refractivity contribution in [3.63, 3.8) is 0 Å². The maximum Gasteiger partial charge on any atom is 0.152 e. The summed E-state index contributed by atoms with van der Waals surface area (Å²) in [5, 5.41) is 0. The van der Waals surface area contributed by atoms with Crippen LogP contribution in [0.2, 0.25) is 0 Å². The topological polar surface area (TPSA) is 55.2 Å². The fraction of sp³-hybridized carbons (Fsp3) is 0.800. The van der Waals surface area contributed by atoms with Crippen LogP contribution in [0.1, 0.15) is 43.8 Å². The van der Waals surface area contributed by atoms with Crippen LogP contribution in [0.5, 0.6) is 0 Å². The van der Waals surface area contributed by atoms with Crippen molar-refractivity contribution in [1.29, 1.82) is 0 Å². The molecule has 0 aromatic carbocycles. The van der Waals surface area contributed by atoms with Crippen LogP contribution in [0.3, 0.4) is 0 Å². The zero-order valence-corrected chi connectivity index (χ0v) is 15.4. The van der Waals surface area contributed by atoms with Crippen molar-refractivity contribution in [1.82, 2.24) is 14.5 Å². The van der Waals surface area contributed by atoms with Gasteiger partial charge in [0.15, 0.2) is 9.84 Å². The molecule has 5 nitrogen and oxygen atoms in total. The maximum absolute atomic E-state index is 11.6. The average molecular weight is 433 g/mol. The highest BCUT2D eigenvalue weighted by molar-refractivity contribution is 14.1. The summed E-state index contributed by atoms with van der Waals surface area (Å²) in [5.41, 5.74) is 0.594. The highest BCUT2D eigenvalue weighted by Crippen LogP contribution is 2.68. The second-order valence-electron chi connectivity index (χ2n) is 7.68. The van der Waals surface area contributed by atoms with Gasteiger partial charge in [-0.1, -0.05) is 0 Å². The normalized spacial score (nSPS) is 40.0. The van der Waals surface area contributed by atoms with Crippen LogP contribution in [0.4, 0.5) is 0 Å². The lowest BCUT2D eigenvalue weighted by atomic mass is 9.43. The van der Waals surface area contributed by atoms with E-state index in [0.717, 1.165) is 16.8 Å². The Bertz CT molecular complexity index is 719. The van der Waals surface area contributed by atoms with Gasteiger partial charge in [0.1, 0.15) is 9.53 Å². The third kappa shape index (κ3) is 1.90. The van der Waals surface area contributed by atoms with E-state index in [4.69, 9.17) is 4.98 Å². The lowest BCUT2D eigenvalue weighted by molar-refractivity contribution is -0.205. The summed E-state index contributed by atoms with van der Waals surface area (Å²) < 4.78 is 26.8. The summed E-state index contributed by atoms with van der Waals surface area (Å²) in [6.45, 7) is 1.46. The van der Waals surface area contributed by atoms with Gasteiger partial charge in [-0.05, 0) is 54.7 Å². The molecule has 2 heterocycles. The van der Waals surface area contributed by atoms with E-state index < -0.39 is 9.84 Å². The van der Waals surface area contributed by atoms with E-state index in [0.29, 0.717) is 28.5 Å². The molecule has 2 bridgehead atoms. The zero-order chi connectivity index (χ0) is 15.2. The number of halogens is 1. The van der Waals surface area contributed by atoms with Crippen molar-refractivity contribution in [3.05, 3.63) is 15.7 Å². The van der Waals surface area contributed by atoms with Crippen LogP contribution < -0.4 is 0 Å². The van der Waals surface area contributed by atoms with E-state index in [-0.39, 0.29) is 0 Å². The summed E-state index contributed by atoms with van der Waals surface area (Å²) in [6, 6.07) is 0. The van der Waals surface area contributed by atoms with Gasteiger partial charge in [0, 0.05) is 30.7 Å². The van der Waals surface area contributed by atoms with Gasteiger partial charge in [-0.3, -0.25) is 4.90 Å². The quantitative estimate of drug-likeness (QED) is 0.682.